The zero-order valence-electron chi connectivity index (χ0n) is 14.5. The Hall–Kier alpha value is -2.79. The summed E-state index contributed by atoms with van der Waals surface area (Å²) in [5.41, 5.74) is 2.81. The van der Waals surface area contributed by atoms with Crippen molar-refractivity contribution >= 4 is 17.6 Å². The number of para-hydroxylation sites is 1. The van der Waals surface area contributed by atoms with Crippen LogP contribution >= 0.6 is 11.6 Å². The van der Waals surface area contributed by atoms with Crippen molar-refractivity contribution in [3.63, 3.8) is 0 Å². The van der Waals surface area contributed by atoms with Crippen molar-refractivity contribution in [2.24, 2.45) is 0 Å². The van der Waals surface area contributed by atoms with E-state index >= 15 is 0 Å². The number of rotatable bonds is 6. The zero-order chi connectivity index (χ0) is 18.5. The van der Waals surface area contributed by atoms with Crippen LogP contribution in [0.4, 0.5) is 0 Å². The van der Waals surface area contributed by atoms with Crippen LogP contribution in [0.15, 0.2) is 53.1 Å². The summed E-state index contributed by atoms with van der Waals surface area (Å²) in [6.45, 7) is 4.02. The van der Waals surface area contributed by atoms with Crippen LogP contribution in [0.3, 0.4) is 0 Å². The molecular formula is C20H18ClNO4. The number of carbonyl (C=O) groups excluding carboxylic acids is 1. The van der Waals surface area contributed by atoms with Gasteiger partial charge in [0.25, 0.3) is 0 Å². The van der Waals surface area contributed by atoms with Gasteiger partial charge in [-0.15, -0.1) is 0 Å². The highest BCUT2D eigenvalue weighted by molar-refractivity contribution is 6.30. The first-order valence-corrected chi connectivity index (χ1v) is 8.47. The number of aromatic nitrogens is 1. The lowest BCUT2D eigenvalue weighted by Crippen LogP contribution is -2.09. The largest absolute Gasteiger partial charge is 0.488 e. The van der Waals surface area contributed by atoms with E-state index in [-0.39, 0.29) is 6.61 Å². The molecule has 1 heterocycles. The molecular weight excluding hydrogens is 354 g/mol. The Balaban J connectivity index is 1.67. The normalized spacial score (nSPS) is 10.6. The van der Waals surface area contributed by atoms with Crippen LogP contribution in [0.5, 0.6) is 5.75 Å². The second kappa shape index (κ2) is 8.06. The molecule has 5 nitrogen and oxygen atoms in total. The molecule has 0 unspecified atom stereocenters. The Morgan fingerprint density at radius 2 is 1.81 bits per heavy atom. The van der Waals surface area contributed by atoms with Crippen molar-refractivity contribution in [1.29, 1.82) is 0 Å². The van der Waals surface area contributed by atoms with Crippen LogP contribution in [0, 0.1) is 13.8 Å². The number of aryl methyl sites for hydroxylation is 2. The van der Waals surface area contributed by atoms with Gasteiger partial charge >= 0.3 is 5.97 Å². The van der Waals surface area contributed by atoms with Crippen LogP contribution < -0.4 is 4.74 Å². The lowest BCUT2D eigenvalue weighted by Gasteiger charge is -2.11. The molecule has 0 amide bonds. The van der Waals surface area contributed by atoms with E-state index in [9.17, 15) is 4.79 Å². The molecule has 0 aliphatic heterocycles. The fourth-order valence-electron chi connectivity index (χ4n) is 2.43. The summed E-state index contributed by atoms with van der Waals surface area (Å²) >= 11 is 5.88. The lowest BCUT2D eigenvalue weighted by atomic mass is 10.2. The Labute approximate surface area is 156 Å². The molecule has 0 fully saturated rings. The summed E-state index contributed by atoms with van der Waals surface area (Å²) < 4.78 is 16.3. The lowest BCUT2D eigenvalue weighted by molar-refractivity contribution is 0.0465. The molecule has 0 saturated carbocycles. The van der Waals surface area contributed by atoms with Gasteiger partial charge in [0.1, 0.15) is 30.3 Å². The summed E-state index contributed by atoms with van der Waals surface area (Å²) in [4.78, 5) is 12.5. The average molecular weight is 372 g/mol. The standard InChI is InChI=1S/C20H18ClNO4/c1-13-18(14(2)26-22-13)12-25-20(23)17-5-3-4-6-19(17)24-11-15-7-9-16(21)10-8-15/h3-10H,11-12H2,1-2H3. The molecule has 6 heteroatoms. The molecule has 3 rings (SSSR count). The van der Waals surface area contributed by atoms with Crippen molar-refractivity contribution < 1.29 is 18.8 Å². The zero-order valence-corrected chi connectivity index (χ0v) is 15.2. The minimum absolute atomic E-state index is 0.103. The fraction of sp³-hybridized carbons (Fsp3) is 0.200. The van der Waals surface area contributed by atoms with E-state index in [2.05, 4.69) is 5.16 Å². The van der Waals surface area contributed by atoms with Gasteiger partial charge in [0.15, 0.2) is 0 Å². The van der Waals surface area contributed by atoms with Gasteiger partial charge in [0.05, 0.1) is 11.3 Å². The highest BCUT2D eigenvalue weighted by Crippen LogP contribution is 2.22. The fourth-order valence-corrected chi connectivity index (χ4v) is 2.55. The van der Waals surface area contributed by atoms with Crippen LogP contribution in [-0.4, -0.2) is 11.1 Å². The molecule has 3 aromatic rings. The molecule has 0 spiro atoms. The highest BCUT2D eigenvalue weighted by atomic mass is 35.5. The van der Waals surface area contributed by atoms with E-state index in [1.165, 1.54) is 0 Å². The maximum Gasteiger partial charge on any atom is 0.342 e. The molecule has 2 aromatic carbocycles. The first kappa shape index (κ1) is 18.0. The quantitative estimate of drug-likeness (QED) is 0.578. The number of esters is 1. The van der Waals surface area contributed by atoms with Crippen LogP contribution in [0.2, 0.25) is 5.02 Å². The van der Waals surface area contributed by atoms with Gasteiger partial charge in [-0.3, -0.25) is 0 Å². The highest BCUT2D eigenvalue weighted by Gasteiger charge is 2.16. The summed E-state index contributed by atoms with van der Waals surface area (Å²) in [6.07, 6.45) is 0. The summed E-state index contributed by atoms with van der Waals surface area (Å²) in [6, 6.07) is 14.3. The van der Waals surface area contributed by atoms with E-state index in [1.54, 1.807) is 37.3 Å². The van der Waals surface area contributed by atoms with E-state index in [0.29, 0.717) is 34.4 Å². The molecule has 0 radical (unpaired) electrons. The summed E-state index contributed by atoms with van der Waals surface area (Å²) in [7, 11) is 0. The topological polar surface area (TPSA) is 61.6 Å². The van der Waals surface area contributed by atoms with Gasteiger partial charge < -0.3 is 14.0 Å². The second-order valence-corrected chi connectivity index (χ2v) is 6.23. The second-order valence-electron chi connectivity index (χ2n) is 5.79. The molecule has 0 bridgehead atoms. The van der Waals surface area contributed by atoms with Crippen molar-refractivity contribution in [3.05, 3.63) is 81.7 Å². The number of benzene rings is 2. The molecule has 0 saturated heterocycles. The molecule has 0 aliphatic carbocycles. The molecule has 134 valence electrons. The van der Waals surface area contributed by atoms with Gasteiger partial charge in [-0.25, -0.2) is 4.79 Å². The monoisotopic (exact) mass is 371 g/mol. The Morgan fingerprint density at radius 1 is 1.08 bits per heavy atom. The number of hydrogen-bond donors (Lipinski definition) is 0. The van der Waals surface area contributed by atoms with Crippen molar-refractivity contribution in [3.8, 4) is 5.75 Å². The van der Waals surface area contributed by atoms with Gasteiger partial charge in [0.2, 0.25) is 0 Å². The molecule has 1 aromatic heterocycles. The van der Waals surface area contributed by atoms with Gasteiger partial charge in [-0.1, -0.05) is 41.0 Å². The molecule has 0 atom stereocenters. The Morgan fingerprint density at radius 3 is 2.50 bits per heavy atom. The number of hydrogen-bond acceptors (Lipinski definition) is 5. The maximum atomic E-state index is 12.5. The van der Waals surface area contributed by atoms with Crippen molar-refractivity contribution in [1.82, 2.24) is 5.16 Å². The van der Waals surface area contributed by atoms with E-state index in [1.807, 2.05) is 25.1 Å². The first-order valence-electron chi connectivity index (χ1n) is 8.09. The third-order valence-electron chi connectivity index (χ3n) is 3.94. The van der Waals surface area contributed by atoms with Crippen LogP contribution in [-0.2, 0) is 18.0 Å². The van der Waals surface area contributed by atoms with E-state index in [0.717, 1.165) is 11.1 Å². The summed E-state index contributed by atoms with van der Waals surface area (Å²) in [5, 5.41) is 4.52. The third-order valence-corrected chi connectivity index (χ3v) is 4.20. The van der Waals surface area contributed by atoms with Crippen molar-refractivity contribution in [2.45, 2.75) is 27.1 Å². The van der Waals surface area contributed by atoms with Gasteiger partial charge in [0, 0.05) is 5.02 Å². The van der Waals surface area contributed by atoms with E-state index in [4.69, 9.17) is 25.6 Å². The van der Waals surface area contributed by atoms with Crippen LogP contribution in [0.25, 0.3) is 0 Å². The number of halogens is 1. The number of carbonyl (C=O) groups is 1. The minimum Gasteiger partial charge on any atom is -0.488 e. The number of nitrogens with zero attached hydrogens (tertiary/aromatic N) is 1. The van der Waals surface area contributed by atoms with E-state index < -0.39 is 5.97 Å². The predicted molar refractivity (Wildman–Crippen MR) is 97.3 cm³/mol. The van der Waals surface area contributed by atoms with Gasteiger partial charge in [-0.2, -0.15) is 0 Å². The van der Waals surface area contributed by atoms with Gasteiger partial charge in [-0.05, 0) is 43.7 Å². The smallest absolute Gasteiger partial charge is 0.342 e. The Bertz CT molecular complexity index is 883. The average Bonchev–Trinajstić information content (AvgIpc) is 2.97. The first-order chi connectivity index (χ1) is 12.5. The molecule has 26 heavy (non-hydrogen) atoms. The van der Waals surface area contributed by atoms with Crippen molar-refractivity contribution in [2.75, 3.05) is 0 Å². The molecule has 0 N–H and O–H groups in total. The summed E-state index contributed by atoms with van der Waals surface area (Å²) in [5.74, 6) is 0.644. The van der Waals surface area contributed by atoms with Crippen LogP contribution in [0.1, 0.15) is 32.9 Å². The SMILES string of the molecule is Cc1noc(C)c1COC(=O)c1ccccc1OCc1ccc(Cl)cc1. The molecule has 0 aliphatic rings. The number of ether oxygens (including phenoxy) is 2. The Kier molecular flexibility index (Phi) is 5.58. The maximum absolute atomic E-state index is 12.5. The predicted octanol–water partition coefficient (Wildman–Crippen LogP) is 4.88. The third kappa shape index (κ3) is 4.24. The minimum atomic E-state index is -0.461.